The van der Waals surface area contributed by atoms with Gasteiger partial charge in [0.15, 0.2) is 0 Å². The summed E-state index contributed by atoms with van der Waals surface area (Å²) in [4.78, 5) is 11.6. The third-order valence-corrected chi connectivity index (χ3v) is 12.3. The number of benzene rings is 2. The summed E-state index contributed by atoms with van der Waals surface area (Å²) in [5.74, 6) is 2.60. The van der Waals surface area contributed by atoms with Crippen LogP contribution in [0.4, 0.5) is 5.69 Å². The highest BCUT2D eigenvalue weighted by atomic mass is 16.5. The predicted octanol–water partition coefficient (Wildman–Crippen LogP) is 9.45. The van der Waals surface area contributed by atoms with Crippen molar-refractivity contribution in [3.05, 3.63) is 58.7 Å². The second-order valence-corrected chi connectivity index (χ2v) is 15.4. The summed E-state index contributed by atoms with van der Waals surface area (Å²) in [7, 11) is 1.42. The summed E-state index contributed by atoms with van der Waals surface area (Å²) in [6.45, 7) is 2.40. The molecule has 5 heteroatoms. The number of ether oxygens (including phenoxy) is 1. The molecule has 0 bridgehead atoms. The predicted molar refractivity (Wildman–Crippen MR) is 188 cm³/mol. The monoisotopic (exact) mass is 631 g/mol. The van der Waals surface area contributed by atoms with Crippen molar-refractivity contribution in [2.45, 2.75) is 147 Å². The average molecular weight is 632 g/mol. The van der Waals surface area contributed by atoms with Crippen molar-refractivity contribution >= 4 is 11.7 Å². The molecule has 0 aliphatic heterocycles. The molecule has 0 amide bonds. The van der Waals surface area contributed by atoms with Crippen LogP contribution in [0.3, 0.4) is 0 Å². The minimum atomic E-state index is -0.225. The zero-order chi connectivity index (χ0) is 32.5. The van der Waals surface area contributed by atoms with Gasteiger partial charge in [0.2, 0.25) is 0 Å². The molecule has 6 atom stereocenters. The molecule has 3 aliphatic carbocycles. The summed E-state index contributed by atoms with van der Waals surface area (Å²) < 4.78 is 4.78. The van der Waals surface area contributed by atoms with Crippen LogP contribution in [0.2, 0.25) is 0 Å². The Hall–Kier alpha value is -2.53. The van der Waals surface area contributed by atoms with Gasteiger partial charge in [0, 0.05) is 5.69 Å². The van der Waals surface area contributed by atoms with Crippen LogP contribution in [0.5, 0.6) is 5.75 Å². The second kappa shape index (κ2) is 16.5. The normalized spacial score (nSPS) is 26.7. The van der Waals surface area contributed by atoms with E-state index in [1.807, 2.05) is 24.3 Å². The molecule has 0 radical (unpaired) electrons. The van der Waals surface area contributed by atoms with E-state index in [9.17, 15) is 15.0 Å². The number of carbonyl (C=O) groups is 1. The summed E-state index contributed by atoms with van der Waals surface area (Å²) in [6, 6.07) is 12.0. The van der Waals surface area contributed by atoms with Crippen LogP contribution in [0, 0.1) is 23.2 Å². The van der Waals surface area contributed by atoms with Crippen molar-refractivity contribution in [3.8, 4) is 5.75 Å². The van der Waals surface area contributed by atoms with E-state index in [1.165, 1.54) is 127 Å². The van der Waals surface area contributed by atoms with Gasteiger partial charge in [-0.25, -0.2) is 0 Å². The molecule has 0 saturated heterocycles. The Morgan fingerprint density at radius 1 is 0.891 bits per heavy atom. The summed E-state index contributed by atoms with van der Waals surface area (Å²) in [5.41, 5.74) is 11.9. The molecule has 2 aromatic carbocycles. The van der Waals surface area contributed by atoms with Gasteiger partial charge in [-0.1, -0.05) is 89.7 Å². The number of aryl methyl sites for hydroxylation is 2. The molecule has 0 heterocycles. The van der Waals surface area contributed by atoms with Crippen LogP contribution in [-0.2, 0) is 28.8 Å². The van der Waals surface area contributed by atoms with Crippen LogP contribution < -0.4 is 5.73 Å². The quantitative estimate of drug-likeness (QED) is 0.0919. The maximum Gasteiger partial charge on any atom is 0.309 e. The number of esters is 1. The van der Waals surface area contributed by atoms with Crippen molar-refractivity contribution in [2.24, 2.45) is 23.2 Å². The lowest BCUT2D eigenvalue weighted by Gasteiger charge is -2.50. The molecule has 4 N–H and O–H groups in total. The fraction of sp³-hybridized carbons (Fsp3) is 0.683. The Kier molecular flexibility index (Phi) is 12.5. The maximum atomic E-state index is 11.6. The van der Waals surface area contributed by atoms with Gasteiger partial charge in [-0.05, 0) is 127 Å². The molecular weight excluding hydrogens is 570 g/mol. The number of fused-ring (bicyclic) bond motifs is 5. The van der Waals surface area contributed by atoms with Crippen LogP contribution in [0.25, 0.3) is 0 Å². The summed E-state index contributed by atoms with van der Waals surface area (Å²) in [5, 5.41) is 21.5. The highest BCUT2D eigenvalue weighted by Gasteiger charge is 2.57. The number of hydrogen-bond donors (Lipinski definition) is 3. The zero-order valence-electron chi connectivity index (χ0n) is 28.8. The number of aliphatic hydroxyl groups excluding tert-OH is 1. The van der Waals surface area contributed by atoms with Crippen LogP contribution >= 0.6 is 0 Å². The van der Waals surface area contributed by atoms with E-state index in [1.54, 1.807) is 0 Å². The fourth-order valence-corrected chi connectivity index (χ4v) is 9.78. The molecule has 2 aromatic rings. The smallest absolute Gasteiger partial charge is 0.309 e. The van der Waals surface area contributed by atoms with Crippen LogP contribution in [-0.4, -0.2) is 29.4 Å². The Bertz CT molecular complexity index is 1280. The molecule has 5 nitrogen and oxygen atoms in total. The van der Waals surface area contributed by atoms with E-state index in [0.717, 1.165) is 30.5 Å². The van der Waals surface area contributed by atoms with E-state index in [2.05, 4.69) is 19.1 Å². The first-order valence-electron chi connectivity index (χ1n) is 18.7. The minimum absolute atomic E-state index is 0.0908. The highest BCUT2D eigenvalue weighted by Crippen LogP contribution is 2.62. The van der Waals surface area contributed by atoms with E-state index >= 15 is 0 Å². The molecule has 3 aliphatic rings. The first kappa shape index (κ1) is 34.8. The lowest BCUT2D eigenvalue weighted by molar-refractivity contribution is -0.139. The molecule has 0 aromatic heterocycles. The van der Waals surface area contributed by atoms with E-state index in [4.69, 9.17) is 10.5 Å². The molecule has 2 fully saturated rings. The van der Waals surface area contributed by atoms with Crippen molar-refractivity contribution < 1.29 is 19.7 Å². The number of hydrogen-bond acceptors (Lipinski definition) is 5. The average Bonchev–Trinajstić information content (AvgIpc) is 3.29. The molecule has 254 valence electrons. The number of methoxy groups -OCH3 is 1. The Morgan fingerprint density at radius 3 is 2.24 bits per heavy atom. The van der Waals surface area contributed by atoms with E-state index in [0.29, 0.717) is 29.4 Å². The number of nitrogen functional groups attached to an aromatic ring is 1. The highest BCUT2D eigenvalue weighted by molar-refractivity contribution is 5.73. The molecular formula is C41H61NO4. The Balaban J connectivity index is 0.887. The molecule has 0 spiro atoms. The summed E-state index contributed by atoms with van der Waals surface area (Å²) >= 11 is 0. The van der Waals surface area contributed by atoms with E-state index in [-0.39, 0.29) is 23.9 Å². The van der Waals surface area contributed by atoms with Gasteiger partial charge in [-0.2, -0.15) is 0 Å². The molecule has 5 rings (SSSR count). The molecule has 2 saturated carbocycles. The summed E-state index contributed by atoms with van der Waals surface area (Å²) in [6.07, 6.45) is 23.9. The van der Waals surface area contributed by atoms with Gasteiger partial charge in [0.1, 0.15) is 5.75 Å². The number of aromatic hydroxyl groups is 1. The van der Waals surface area contributed by atoms with Crippen molar-refractivity contribution in [3.63, 3.8) is 0 Å². The standard InChI is InChI=1S/C41H61NO4/c1-41-22-21-36-35-20-18-34(43)27-31(35)17-19-37(36)38(41)28-32(40(41)45)16-14-12-10-8-6-4-3-5-7-9-11-13-15-29-23-30(25-33(42)24-29)26-39(44)46-2/h18,20,23-25,27,32,36-38,40,43,45H,3-17,19,21-22,26,28,42H2,1-2H3/t32-,36+,37+,38-,40-,41-/m0/s1. The molecule has 0 unspecified atom stereocenters. The SMILES string of the molecule is COC(=O)Cc1cc(N)cc(CCCCCCCCCCCCCC[C@H]2C[C@H]3[C@@H]4CCc5cc(O)ccc5[C@H]4CC[C@]3(C)[C@H]2O)c1. The topological polar surface area (TPSA) is 92.8 Å². The number of anilines is 1. The van der Waals surface area contributed by atoms with Crippen molar-refractivity contribution in [1.29, 1.82) is 0 Å². The first-order chi connectivity index (χ1) is 22.3. The third-order valence-electron chi connectivity index (χ3n) is 12.3. The number of phenolic OH excluding ortho intramolecular Hbond substituents is 1. The minimum Gasteiger partial charge on any atom is -0.508 e. The third kappa shape index (κ3) is 8.68. The Labute approximate surface area is 278 Å². The number of nitrogens with two attached hydrogens (primary N) is 1. The number of carbonyl (C=O) groups excluding carboxylic acids is 1. The number of aliphatic hydroxyl groups is 1. The van der Waals surface area contributed by atoms with Gasteiger partial charge in [-0.15, -0.1) is 0 Å². The second-order valence-electron chi connectivity index (χ2n) is 15.4. The number of rotatable bonds is 17. The fourth-order valence-electron chi connectivity index (χ4n) is 9.78. The van der Waals surface area contributed by atoms with Gasteiger partial charge in [-0.3, -0.25) is 4.79 Å². The van der Waals surface area contributed by atoms with Gasteiger partial charge in [0.25, 0.3) is 0 Å². The van der Waals surface area contributed by atoms with Gasteiger partial charge < -0.3 is 20.7 Å². The van der Waals surface area contributed by atoms with Crippen LogP contribution in [0.1, 0.15) is 144 Å². The van der Waals surface area contributed by atoms with Gasteiger partial charge >= 0.3 is 5.97 Å². The number of phenols is 1. The number of unbranched alkanes of at least 4 members (excludes halogenated alkanes) is 11. The van der Waals surface area contributed by atoms with Crippen molar-refractivity contribution in [2.75, 3.05) is 12.8 Å². The van der Waals surface area contributed by atoms with Crippen molar-refractivity contribution in [1.82, 2.24) is 0 Å². The Morgan fingerprint density at radius 2 is 1.54 bits per heavy atom. The van der Waals surface area contributed by atoms with Crippen LogP contribution in [0.15, 0.2) is 36.4 Å². The van der Waals surface area contributed by atoms with Gasteiger partial charge in [0.05, 0.1) is 19.6 Å². The largest absolute Gasteiger partial charge is 0.508 e. The lowest BCUT2D eigenvalue weighted by atomic mass is 9.55. The van der Waals surface area contributed by atoms with E-state index < -0.39 is 0 Å². The lowest BCUT2D eigenvalue weighted by Crippen LogP contribution is -2.44. The molecule has 46 heavy (non-hydrogen) atoms. The first-order valence-corrected chi connectivity index (χ1v) is 18.7. The zero-order valence-corrected chi connectivity index (χ0v) is 28.8. The maximum absolute atomic E-state index is 11.6.